The van der Waals surface area contributed by atoms with Crippen molar-refractivity contribution in [3.63, 3.8) is 0 Å². The third-order valence-electron chi connectivity index (χ3n) is 1.99. The zero-order chi connectivity index (χ0) is 12.8. The van der Waals surface area contributed by atoms with Crippen LogP contribution in [0.15, 0.2) is 0 Å². The second-order valence-corrected chi connectivity index (χ2v) is 14.6. The standard InChI is InChI=1S/C10H25NO3Si2/c1-13-10(12)11-8-7-9-16(5,6)14-15(2,3)4/h7-9H2,1-6H3,(H,11,12). The van der Waals surface area contributed by atoms with Crippen LogP contribution in [0.2, 0.25) is 38.8 Å². The summed E-state index contributed by atoms with van der Waals surface area (Å²) in [5, 5.41) is 2.68. The molecule has 1 N–H and O–H groups in total. The summed E-state index contributed by atoms with van der Waals surface area (Å²) >= 11 is 0. The molecule has 0 aromatic heterocycles. The maximum absolute atomic E-state index is 10.8. The monoisotopic (exact) mass is 263 g/mol. The first-order valence-electron chi connectivity index (χ1n) is 5.68. The average molecular weight is 263 g/mol. The summed E-state index contributed by atoms with van der Waals surface area (Å²) in [5.41, 5.74) is 0. The molecule has 6 heteroatoms. The molecule has 0 heterocycles. The SMILES string of the molecule is COC(=O)NCCC[Si](C)(C)O[Si](C)(C)C. The highest BCUT2D eigenvalue weighted by molar-refractivity contribution is 6.84. The first-order valence-corrected chi connectivity index (χ1v) is 12.2. The third kappa shape index (κ3) is 8.93. The average Bonchev–Trinajstić information content (AvgIpc) is 2.08. The van der Waals surface area contributed by atoms with E-state index in [4.69, 9.17) is 4.12 Å². The van der Waals surface area contributed by atoms with Crippen LogP contribution < -0.4 is 5.32 Å². The highest BCUT2D eigenvalue weighted by atomic mass is 28.4. The maximum atomic E-state index is 10.8. The number of ether oxygens (including phenoxy) is 1. The summed E-state index contributed by atoms with van der Waals surface area (Å²) in [6.07, 6.45) is 0.601. The summed E-state index contributed by atoms with van der Waals surface area (Å²) in [4.78, 5) is 10.8. The molecule has 0 unspecified atom stereocenters. The van der Waals surface area contributed by atoms with Gasteiger partial charge in [0.15, 0.2) is 16.6 Å². The number of hydrogen-bond acceptors (Lipinski definition) is 3. The van der Waals surface area contributed by atoms with Crippen LogP contribution in [0, 0.1) is 0 Å². The normalized spacial score (nSPS) is 12.4. The molecule has 16 heavy (non-hydrogen) atoms. The summed E-state index contributed by atoms with van der Waals surface area (Å²) in [5.74, 6) is 0. The summed E-state index contributed by atoms with van der Waals surface area (Å²) in [6, 6.07) is 1.07. The lowest BCUT2D eigenvalue weighted by molar-refractivity contribution is 0.171. The van der Waals surface area contributed by atoms with Crippen LogP contribution in [0.4, 0.5) is 4.79 Å². The number of carbonyl (C=O) groups excluding carboxylic acids is 1. The van der Waals surface area contributed by atoms with Gasteiger partial charge in [-0.1, -0.05) is 0 Å². The first-order chi connectivity index (χ1) is 7.16. The second-order valence-electron chi connectivity index (χ2n) is 5.50. The molecule has 0 aromatic rings. The lowest BCUT2D eigenvalue weighted by atomic mass is 10.5. The molecule has 1 amide bonds. The second kappa shape index (κ2) is 6.41. The van der Waals surface area contributed by atoms with Gasteiger partial charge in [-0.3, -0.25) is 0 Å². The molecule has 0 aromatic carbocycles. The quantitative estimate of drug-likeness (QED) is 0.592. The smallest absolute Gasteiger partial charge is 0.406 e. The van der Waals surface area contributed by atoms with E-state index in [9.17, 15) is 4.79 Å². The van der Waals surface area contributed by atoms with Crippen LogP contribution in [0.1, 0.15) is 6.42 Å². The van der Waals surface area contributed by atoms with Gasteiger partial charge in [0, 0.05) is 6.54 Å². The number of alkyl carbamates (subject to hydrolysis) is 1. The van der Waals surface area contributed by atoms with Crippen LogP contribution in [0.25, 0.3) is 0 Å². The number of rotatable bonds is 6. The fourth-order valence-electron chi connectivity index (χ4n) is 1.66. The Kier molecular flexibility index (Phi) is 6.28. The predicted octanol–water partition coefficient (Wildman–Crippen LogP) is 2.79. The van der Waals surface area contributed by atoms with Gasteiger partial charge in [0.2, 0.25) is 0 Å². The largest absolute Gasteiger partial charge is 0.456 e. The fourth-order valence-corrected chi connectivity index (χ4v) is 9.72. The molecular formula is C10H25NO3Si2. The van der Waals surface area contributed by atoms with Crippen LogP contribution in [0.5, 0.6) is 0 Å². The Labute approximate surface area is 101 Å². The van der Waals surface area contributed by atoms with Gasteiger partial charge in [0.25, 0.3) is 0 Å². The number of nitrogens with one attached hydrogen (secondary N) is 1. The van der Waals surface area contributed by atoms with Crippen molar-refractivity contribution in [3.05, 3.63) is 0 Å². The molecule has 0 aliphatic rings. The number of carbonyl (C=O) groups is 1. The minimum absolute atomic E-state index is 0.356. The molecule has 0 saturated heterocycles. The molecule has 0 radical (unpaired) electrons. The summed E-state index contributed by atoms with van der Waals surface area (Å²) < 4.78 is 10.7. The van der Waals surface area contributed by atoms with Crippen molar-refractivity contribution in [1.82, 2.24) is 5.32 Å². The number of methoxy groups -OCH3 is 1. The van der Waals surface area contributed by atoms with Gasteiger partial charge in [-0.2, -0.15) is 0 Å². The van der Waals surface area contributed by atoms with E-state index in [2.05, 4.69) is 42.8 Å². The molecule has 96 valence electrons. The van der Waals surface area contributed by atoms with Crippen molar-refractivity contribution in [2.24, 2.45) is 0 Å². The Hall–Kier alpha value is -0.336. The van der Waals surface area contributed by atoms with Crippen LogP contribution >= 0.6 is 0 Å². The van der Waals surface area contributed by atoms with E-state index in [1.807, 2.05) is 0 Å². The van der Waals surface area contributed by atoms with Gasteiger partial charge >= 0.3 is 6.09 Å². The molecule has 4 nitrogen and oxygen atoms in total. The number of hydrogen-bond donors (Lipinski definition) is 1. The molecule has 0 rings (SSSR count). The molecule has 0 aliphatic carbocycles. The van der Waals surface area contributed by atoms with Gasteiger partial charge in [0.05, 0.1) is 7.11 Å². The molecule has 0 bridgehead atoms. The van der Waals surface area contributed by atoms with Gasteiger partial charge in [0.1, 0.15) is 0 Å². The minimum Gasteiger partial charge on any atom is -0.456 e. The Morgan fingerprint density at radius 1 is 1.19 bits per heavy atom. The molecule has 0 spiro atoms. The molecule has 0 aliphatic heterocycles. The van der Waals surface area contributed by atoms with E-state index in [0.717, 1.165) is 12.5 Å². The van der Waals surface area contributed by atoms with Gasteiger partial charge in [-0.15, -0.1) is 0 Å². The van der Waals surface area contributed by atoms with Crippen LogP contribution in [0.3, 0.4) is 0 Å². The van der Waals surface area contributed by atoms with E-state index in [1.54, 1.807) is 0 Å². The maximum Gasteiger partial charge on any atom is 0.406 e. The zero-order valence-corrected chi connectivity index (χ0v) is 13.3. The molecule has 0 atom stereocenters. The summed E-state index contributed by atoms with van der Waals surface area (Å²) in [6.45, 7) is 11.8. The lowest BCUT2D eigenvalue weighted by Gasteiger charge is -2.31. The van der Waals surface area contributed by atoms with Crippen molar-refractivity contribution >= 4 is 22.7 Å². The first kappa shape index (κ1) is 15.7. The van der Waals surface area contributed by atoms with Crippen molar-refractivity contribution < 1.29 is 13.6 Å². The zero-order valence-electron chi connectivity index (χ0n) is 11.3. The van der Waals surface area contributed by atoms with Gasteiger partial charge in [-0.05, 0) is 45.2 Å². The highest BCUT2D eigenvalue weighted by Crippen LogP contribution is 2.19. The van der Waals surface area contributed by atoms with Gasteiger partial charge in [-0.25, -0.2) is 4.79 Å². The molecule has 0 fully saturated rings. The van der Waals surface area contributed by atoms with E-state index in [0.29, 0.717) is 6.54 Å². The van der Waals surface area contributed by atoms with E-state index in [-0.39, 0.29) is 6.09 Å². The van der Waals surface area contributed by atoms with Crippen molar-refractivity contribution in [1.29, 1.82) is 0 Å². The summed E-state index contributed by atoms with van der Waals surface area (Å²) in [7, 11) is -1.61. The molecule has 0 saturated carbocycles. The Morgan fingerprint density at radius 3 is 2.19 bits per heavy atom. The third-order valence-corrected chi connectivity index (χ3v) is 8.21. The minimum atomic E-state index is -1.55. The van der Waals surface area contributed by atoms with Gasteiger partial charge < -0.3 is 14.2 Å². The highest BCUT2D eigenvalue weighted by Gasteiger charge is 2.28. The Morgan fingerprint density at radius 2 is 1.75 bits per heavy atom. The van der Waals surface area contributed by atoms with E-state index >= 15 is 0 Å². The van der Waals surface area contributed by atoms with Crippen LogP contribution in [-0.2, 0) is 8.85 Å². The Balaban J connectivity index is 3.78. The Bertz CT molecular complexity index is 227. The number of amides is 1. The van der Waals surface area contributed by atoms with Crippen molar-refractivity contribution in [2.75, 3.05) is 13.7 Å². The topological polar surface area (TPSA) is 47.6 Å². The molecular weight excluding hydrogens is 238 g/mol. The van der Waals surface area contributed by atoms with E-state index < -0.39 is 16.6 Å². The van der Waals surface area contributed by atoms with E-state index in [1.165, 1.54) is 7.11 Å². The van der Waals surface area contributed by atoms with Crippen molar-refractivity contribution in [2.45, 2.75) is 45.2 Å². The fraction of sp³-hybridized carbons (Fsp3) is 0.900. The van der Waals surface area contributed by atoms with Crippen LogP contribution in [-0.4, -0.2) is 36.4 Å². The lowest BCUT2D eigenvalue weighted by Crippen LogP contribution is -2.42. The predicted molar refractivity (Wildman–Crippen MR) is 71.7 cm³/mol. The van der Waals surface area contributed by atoms with Crippen molar-refractivity contribution in [3.8, 4) is 0 Å².